The first-order valence-electron chi connectivity index (χ1n) is 5.98. The Morgan fingerprint density at radius 1 is 1.29 bits per heavy atom. The molecule has 0 fully saturated rings. The lowest BCUT2D eigenvalue weighted by molar-refractivity contribution is -0.172. The number of aryl methyl sites for hydroxylation is 1. The van der Waals surface area contributed by atoms with E-state index in [-0.39, 0.29) is 11.8 Å². The zero-order valence-corrected chi connectivity index (χ0v) is 11.1. The summed E-state index contributed by atoms with van der Waals surface area (Å²) in [6.45, 7) is 4.06. The van der Waals surface area contributed by atoms with E-state index in [9.17, 15) is 4.79 Å². The summed E-state index contributed by atoms with van der Waals surface area (Å²) in [5.41, 5.74) is 2.51. The Morgan fingerprint density at radius 3 is 2.29 bits per heavy atom. The Hall–Kier alpha value is -1.35. The highest BCUT2D eigenvalue weighted by atomic mass is 16.7. The molecule has 1 aromatic carbocycles. The summed E-state index contributed by atoms with van der Waals surface area (Å²) >= 11 is 0. The highest BCUT2D eigenvalue weighted by molar-refractivity contribution is 5.77. The monoisotopic (exact) mass is 235 g/mol. The molecule has 0 aliphatic carbocycles. The predicted molar refractivity (Wildman–Crippen MR) is 68.5 cm³/mol. The van der Waals surface area contributed by atoms with Crippen molar-refractivity contribution in [2.75, 3.05) is 14.2 Å². The van der Waals surface area contributed by atoms with Crippen LogP contribution in [0.15, 0.2) is 24.3 Å². The van der Waals surface area contributed by atoms with E-state index in [2.05, 4.69) is 31.2 Å². The van der Waals surface area contributed by atoms with Crippen LogP contribution in [0.3, 0.4) is 0 Å². The minimum Gasteiger partial charge on any atom is -0.275 e. The molecule has 3 heteroatoms. The third kappa shape index (κ3) is 3.86. The number of benzene rings is 1. The van der Waals surface area contributed by atoms with Gasteiger partial charge < -0.3 is 0 Å². The van der Waals surface area contributed by atoms with Crippen LogP contribution in [-0.4, -0.2) is 25.1 Å². The molecular formula is C14H21NO2. The molecule has 0 radical (unpaired) electrons. The van der Waals surface area contributed by atoms with Crippen LogP contribution < -0.4 is 0 Å². The summed E-state index contributed by atoms with van der Waals surface area (Å²) in [4.78, 5) is 16.7. The normalized spacial score (nSPS) is 12.2. The SMILES string of the molecule is CCc1ccc(C[C@H](C)C(=O)N(C)OC)cc1. The molecule has 1 rings (SSSR count). The standard InChI is InChI=1S/C14H21NO2/c1-5-12-6-8-13(9-7-12)10-11(2)14(16)15(3)17-4/h6-9,11H,5,10H2,1-4H3/t11-/m0/s1. The Morgan fingerprint density at radius 2 is 1.82 bits per heavy atom. The predicted octanol–water partition coefficient (Wildman–Crippen LogP) is 2.45. The molecule has 3 nitrogen and oxygen atoms in total. The molecule has 1 aromatic rings. The van der Waals surface area contributed by atoms with E-state index in [0.717, 1.165) is 12.8 Å². The van der Waals surface area contributed by atoms with Crippen molar-refractivity contribution in [2.45, 2.75) is 26.7 Å². The first-order valence-corrected chi connectivity index (χ1v) is 5.98. The molecule has 0 bridgehead atoms. The maximum absolute atomic E-state index is 11.8. The molecule has 0 saturated heterocycles. The second-order valence-corrected chi connectivity index (χ2v) is 4.29. The minimum absolute atomic E-state index is 0.00654. The van der Waals surface area contributed by atoms with Crippen LogP contribution in [0.5, 0.6) is 0 Å². The number of hydroxylamine groups is 2. The van der Waals surface area contributed by atoms with Crippen molar-refractivity contribution in [3.05, 3.63) is 35.4 Å². The summed E-state index contributed by atoms with van der Waals surface area (Å²) in [6.07, 6.45) is 1.79. The summed E-state index contributed by atoms with van der Waals surface area (Å²) in [5.74, 6) is -0.0560. The van der Waals surface area contributed by atoms with Gasteiger partial charge in [-0.1, -0.05) is 38.1 Å². The first-order chi connectivity index (χ1) is 8.08. The van der Waals surface area contributed by atoms with Crippen LogP contribution in [0.4, 0.5) is 0 Å². The van der Waals surface area contributed by atoms with Gasteiger partial charge in [0.05, 0.1) is 7.11 Å². The lowest BCUT2D eigenvalue weighted by Crippen LogP contribution is -2.31. The molecule has 0 aromatic heterocycles. The van der Waals surface area contributed by atoms with Crippen LogP contribution in [0.1, 0.15) is 25.0 Å². The molecule has 0 aliphatic heterocycles. The summed E-state index contributed by atoms with van der Waals surface area (Å²) < 4.78 is 0. The number of carbonyl (C=O) groups excluding carboxylic acids is 1. The fourth-order valence-corrected chi connectivity index (χ4v) is 1.75. The van der Waals surface area contributed by atoms with Gasteiger partial charge in [0.25, 0.3) is 0 Å². The van der Waals surface area contributed by atoms with Gasteiger partial charge >= 0.3 is 0 Å². The van der Waals surface area contributed by atoms with Crippen molar-refractivity contribution in [3.63, 3.8) is 0 Å². The minimum atomic E-state index is -0.0626. The van der Waals surface area contributed by atoms with E-state index < -0.39 is 0 Å². The van der Waals surface area contributed by atoms with Crippen molar-refractivity contribution in [3.8, 4) is 0 Å². The molecule has 0 heterocycles. The van der Waals surface area contributed by atoms with Crippen molar-refractivity contribution in [1.82, 2.24) is 5.06 Å². The molecule has 0 N–H and O–H groups in total. The molecular weight excluding hydrogens is 214 g/mol. The van der Waals surface area contributed by atoms with Crippen molar-refractivity contribution in [2.24, 2.45) is 5.92 Å². The van der Waals surface area contributed by atoms with Gasteiger partial charge in [0.2, 0.25) is 5.91 Å². The van der Waals surface area contributed by atoms with E-state index in [0.29, 0.717) is 0 Å². The number of carbonyl (C=O) groups is 1. The van der Waals surface area contributed by atoms with Crippen LogP contribution in [0.2, 0.25) is 0 Å². The van der Waals surface area contributed by atoms with Crippen LogP contribution in [-0.2, 0) is 22.5 Å². The molecule has 0 aliphatic rings. The highest BCUT2D eigenvalue weighted by Gasteiger charge is 2.17. The zero-order chi connectivity index (χ0) is 12.8. The van der Waals surface area contributed by atoms with Crippen LogP contribution in [0, 0.1) is 5.92 Å². The highest BCUT2D eigenvalue weighted by Crippen LogP contribution is 2.12. The first kappa shape index (κ1) is 13.7. The molecule has 0 spiro atoms. The van der Waals surface area contributed by atoms with E-state index >= 15 is 0 Å². The topological polar surface area (TPSA) is 29.5 Å². The Bertz CT molecular complexity index is 359. The fourth-order valence-electron chi connectivity index (χ4n) is 1.75. The van der Waals surface area contributed by atoms with E-state index in [1.807, 2.05) is 6.92 Å². The second-order valence-electron chi connectivity index (χ2n) is 4.29. The molecule has 17 heavy (non-hydrogen) atoms. The van der Waals surface area contributed by atoms with Gasteiger partial charge in [0, 0.05) is 13.0 Å². The largest absolute Gasteiger partial charge is 0.275 e. The van der Waals surface area contributed by atoms with Gasteiger partial charge in [-0.25, -0.2) is 5.06 Å². The van der Waals surface area contributed by atoms with Gasteiger partial charge in [0.1, 0.15) is 0 Å². The molecule has 0 unspecified atom stereocenters. The van der Waals surface area contributed by atoms with E-state index in [4.69, 9.17) is 4.84 Å². The van der Waals surface area contributed by atoms with E-state index in [1.165, 1.54) is 23.3 Å². The van der Waals surface area contributed by atoms with Crippen molar-refractivity contribution in [1.29, 1.82) is 0 Å². The maximum Gasteiger partial charge on any atom is 0.248 e. The van der Waals surface area contributed by atoms with Gasteiger partial charge in [0.15, 0.2) is 0 Å². The molecule has 1 amide bonds. The maximum atomic E-state index is 11.8. The number of rotatable bonds is 5. The third-order valence-electron chi connectivity index (χ3n) is 2.98. The van der Waals surface area contributed by atoms with Gasteiger partial charge in [-0.3, -0.25) is 9.63 Å². The van der Waals surface area contributed by atoms with E-state index in [1.54, 1.807) is 7.05 Å². The van der Waals surface area contributed by atoms with Crippen LogP contribution >= 0.6 is 0 Å². The van der Waals surface area contributed by atoms with Gasteiger partial charge in [-0.15, -0.1) is 0 Å². The Labute approximate surface area is 103 Å². The quantitative estimate of drug-likeness (QED) is 0.734. The third-order valence-corrected chi connectivity index (χ3v) is 2.98. The van der Waals surface area contributed by atoms with Gasteiger partial charge in [-0.2, -0.15) is 0 Å². The molecule has 1 atom stereocenters. The van der Waals surface area contributed by atoms with Crippen molar-refractivity contribution >= 4 is 5.91 Å². The summed E-state index contributed by atoms with van der Waals surface area (Å²) in [5, 5.41) is 1.28. The lowest BCUT2D eigenvalue weighted by Gasteiger charge is -2.18. The Balaban J connectivity index is 2.61. The fraction of sp³-hybridized carbons (Fsp3) is 0.500. The number of nitrogens with zero attached hydrogens (tertiary/aromatic N) is 1. The number of hydrogen-bond donors (Lipinski definition) is 0. The molecule has 0 saturated carbocycles. The smallest absolute Gasteiger partial charge is 0.248 e. The second kappa shape index (κ2) is 6.40. The Kier molecular flexibility index (Phi) is 5.16. The van der Waals surface area contributed by atoms with Gasteiger partial charge in [-0.05, 0) is 24.0 Å². The average molecular weight is 235 g/mol. The van der Waals surface area contributed by atoms with Crippen molar-refractivity contribution < 1.29 is 9.63 Å². The summed E-state index contributed by atoms with van der Waals surface area (Å²) in [6, 6.07) is 8.42. The van der Waals surface area contributed by atoms with Crippen LogP contribution in [0.25, 0.3) is 0 Å². The number of hydrogen-bond acceptors (Lipinski definition) is 2. The summed E-state index contributed by atoms with van der Waals surface area (Å²) in [7, 11) is 3.14. The number of amides is 1. The zero-order valence-electron chi connectivity index (χ0n) is 11.1. The lowest BCUT2D eigenvalue weighted by atomic mass is 9.99. The molecule has 94 valence electrons. The average Bonchev–Trinajstić information content (AvgIpc) is 2.37.